The summed E-state index contributed by atoms with van der Waals surface area (Å²) in [4.78, 5) is 23.6. The van der Waals surface area contributed by atoms with Gasteiger partial charge in [-0.15, -0.1) is 0 Å². The fraction of sp³-hybridized carbons (Fsp3) is 0.625. The number of likely N-dealkylation sites (N-methyl/N-ethyl adjacent to an activating group) is 1. The third kappa shape index (κ3) is 13.1. The van der Waals surface area contributed by atoms with Crippen molar-refractivity contribution >= 4 is 11.9 Å². The third-order valence-corrected chi connectivity index (χ3v) is 2.51. The highest BCUT2D eigenvalue weighted by Gasteiger charge is 2.04. The van der Waals surface area contributed by atoms with Crippen LogP contribution in [0.2, 0.25) is 0 Å². The van der Waals surface area contributed by atoms with Crippen LogP contribution in [0.5, 0.6) is 0 Å². The topological polar surface area (TPSA) is 55.8 Å². The van der Waals surface area contributed by atoms with E-state index < -0.39 is 0 Å². The molecule has 0 aliphatic carbocycles. The predicted molar refractivity (Wildman–Crippen MR) is 85.0 cm³/mol. The third-order valence-electron chi connectivity index (χ3n) is 2.51. The van der Waals surface area contributed by atoms with Crippen LogP contribution in [0.25, 0.3) is 0 Å². The molecule has 0 saturated heterocycles. The van der Waals surface area contributed by atoms with E-state index in [4.69, 9.17) is 4.74 Å². The zero-order chi connectivity index (χ0) is 16.8. The Hall–Kier alpha value is -1.62. The lowest BCUT2D eigenvalue weighted by Crippen LogP contribution is -2.27. The highest BCUT2D eigenvalue weighted by molar-refractivity contribution is 5.87. The summed E-state index contributed by atoms with van der Waals surface area (Å²) < 4.78 is 9.52. The summed E-state index contributed by atoms with van der Waals surface area (Å²) in [6.45, 7) is 19.8. The summed E-state index contributed by atoms with van der Waals surface area (Å²) in [5, 5.41) is 0. The molecule has 0 saturated carbocycles. The van der Waals surface area contributed by atoms with Crippen molar-refractivity contribution in [2.45, 2.75) is 34.6 Å². The first-order chi connectivity index (χ1) is 9.79. The summed E-state index contributed by atoms with van der Waals surface area (Å²) in [7, 11) is 0. The maximum Gasteiger partial charge on any atom is 0.333 e. The Morgan fingerprint density at radius 3 is 1.62 bits per heavy atom. The molecular formula is C16H29NO4. The number of esters is 2. The maximum atomic E-state index is 11.0. The standard InChI is InChI=1S/C10H19NO2.C6H10O2/c1-5-11(6-2)7-8-13-10(12)9(3)4;1-4-8-6(7)5(2)3/h3,5-8H2,1-2,4H3;2,4H2,1,3H3. The van der Waals surface area contributed by atoms with Crippen LogP contribution in [0.4, 0.5) is 0 Å². The molecule has 0 aromatic heterocycles. The van der Waals surface area contributed by atoms with Crippen LogP contribution < -0.4 is 0 Å². The number of rotatable bonds is 8. The fourth-order valence-corrected chi connectivity index (χ4v) is 1.18. The number of hydrogen-bond acceptors (Lipinski definition) is 5. The molecule has 0 aliphatic rings. The van der Waals surface area contributed by atoms with E-state index in [0.717, 1.165) is 19.6 Å². The number of carbonyl (C=O) groups is 2. The van der Waals surface area contributed by atoms with Crippen molar-refractivity contribution in [2.24, 2.45) is 0 Å². The first-order valence-electron chi connectivity index (χ1n) is 7.17. The van der Waals surface area contributed by atoms with Gasteiger partial charge in [0.15, 0.2) is 0 Å². The molecule has 0 heterocycles. The van der Waals surface area contributed by atoms with Gasteiger partial charge in [-0.05, 0) is 33.9 Å². The van der Waals surface area contributed by atoms with Gasteiger partial charge in [0.2, 0.25) is 0 Å². The molecule has 0 atom stereocenters. The normalized spacial score (nSPS) is 9.43. The molecule has 0 aliphatic heterocycles. The summed E-state index contributed by atoms with van der Waals surface area (Å²) in [6, 6.07) is 0. The Kier molecular flexibility index (Phi) is 13.8. The molecule has 0 spiro atoms. The summed E-state index contributed by atoms with van der Waals surface area (Å²) >= 11 is 0. The molecule has 0 aromatic carbocycles. The van der Waals surface area contributed by atoms with E-state index in [1.165, 1.54) is 0 Å². The van der Waals surface area contributed by atoms with E-state index in [1.54, 1.807) is 20.8 Å². The van der Waals surface area contributed by atoms with Crippen LogP contribution in [0.3, 0.4) is 0 Å². The molecule has 0 N–H and O–H groups in total. The van der Waals surface area contributed by atoms with Gasteiger partial charge in [0, 0.05) is 17.7 Å². The van der Waals surface area contributed by atoms with Crippen molar-refractivity contribution in [2.75, 3.05) is 32.8 Å². The Balaban J connectivity index is 0. The second-order valence-corrected chi connectivity index (χ2v) is 4.44. The van der Waals surface area contributed by atoms with Gasteiger partial charge in [-0.2, -0.15) is 0 Å². The zero-order valence-electron chi connectivity index (χ0n) is 14.0. The molecule has 122 valence electrons. The monoisotopic (exact) mass is 299 g/mol. The Morgan fingerprint density at radius 2 is 1.33 bits per heavy atom. The lowest BCUT2D eigenvalue weighted by Gasteiger charge is -2.17. The lowest BCUT2D eigenvalue weighted by molar-refractivity contribution is -0.139. The van der Waals surface area contributed by atoms with E-state index in [0.29, 0.717) is 24.4 Å². The molecule has 21 heavy (non-hydrogen) atoms. The van der Waals surface area contributed by atoms with Gasteiger partial charge in [-0.1, -0.05) is 27.0 Å². The van der Waals surface area contributed by atoms with Crippen molar-refractivity contribution in [1.82, 2.24) is 4.90 Å². The SMILES string of the molecule is C=C(C)C(=O)OCC.C=C(C)C(=O)OCCN(CC)CC. The molecule has 0 bridgehead atoms. The molecule has 0 rings (SSSR count). The minimum atomic E-state index is -0.312. The van der Waals surface area contributed by atoms with Gasteiger partial charge in [-0.3, -0.25) is 0 Å². The molecule has 5 heteroatoms. The van der Waals surface area contributed by atoms with Crippen LogP contribution in [0.1, 0.15) is 34.6 Å². The van der Waals surface area contributed by atoms with Crippen molar-refractivity contribution in [3.8, 4) is 0 Å². The first-order valence-corrected chi connectivity index (χ1v) is 7.17. The quantitative estimate of drug-likeness (QED) is 0.509. The van der Waals surface area contributed by atoms with E-state index >= 15 is 0 Å². The summed E-state index contributed by atoms with van der Waals surface area (Å²) in [5.41, 5.74) is 0.909. The molecule has 5 nitrogen and oxygen atoms in total. The van der Waals surface area contributed by atoms with Crippen LogP contribution in [-0.2, 0) is 19.1 Å². The van der Waals surface area contributed by atoms with Crippen molar-refractivity contribution < 1.29 is 19.1 Å². The minimum Gasteiger partial charge on any atom is -0.463 e. The van der Waals surface area contributed by atoms with Gasteiger partial charge in [0.25, 0.3) is 0 Å². The molecule has 0 amide bonds. The van der Waals surface area contributed by atoms with E-state index in [1.807, 2.05) is 0 Å². The second-order valence-electron chi connectivity index (χ2n) is 4.44. The highest BCUT2D eigenvalue weighted by Crippen LogP contribution is 1.93. The Labute approximate surface area is 128 Å². The Bertz CT molecular complexity index is 346. The van der Waals surface area contributed by atoms with Gasteiger partial charge in [0.05, 0.1) is 6.61 Å². The van der Waals surface area contributed by atoms with E-state index in [-0.39, 0.29) is 11.9 Å². The fourth-order valence-electron chi connectivity index (χ4n) is 1.18. The second kappa shape index (κ2) is 13.4. The van der Waals surface area contributed by atoms with Gasteiger partial charge in [-0.25, -0.2) is 9.59 Å². The van der Waals surface area contributed by atoms with Gasteiger partial charge < -0.3 is 14.4 Å². The van der Waals surface area contributed by atoms with Crippen LogP contribution in [0, 0.1) is 0 Å². The van der Waals surface area contributed by atoms with Crippen molar-refractivity contribution in [3.63, 3.8) is 0 Å². The molecular weight excluding hydrogens is 270 g/mol. The maximum absolute atomic E-state index is 11.0. The van der Waals surface area contributed by atoms with Gasteiger partial charge >= 0.3 is 11.9 Å². The summed E-state index contributed by atoms with van der Waals surface area (Å²) in [6.07, 6.45) is 0. The summed E-state index contributed by atoms with van der Waals surface area (Å²) in [5.74, 6) is -0.611. The predicted octanol–water partition coefficient (Wildman–Crippen LogP) is 2.57. The molecule has 0 aromatic rings. The van der Waals surface area contributed by atoms with Crippen LogP contribution in [0.15, 0.2) is 24.3 Å². The van der Waals surface area contributed by atoms with Gasteiger partial charge in [0.1, 0.15) is 6.61 Å². The number of nitrogens with zero attached hydrogens (tertiary/aromatic N) is 1. The largest absolute Gasteiger partial charge is 0.463 e. The van der Waals surface area contributed by atoms with E-state index in [2.05, 4.69) is 36.6 Å². The average molecular weight is 299 g/mol. The lowest BCUT2D eigenvalue weighted by atomic mass is 10.4. The Morgan fingerprint density at radius 1 is 0.905 bits per heavy atom. The van der Waals surface area contributed by atoms with E-state index in [9.17, 15) is 9.59 Å². The zero-order valence-corrected chi connectivity index (χ0v) is 14.0. The highest BCUT2D eigenvalue weighted by atomic mass is 16.5. The van der Waals surface area contributed by atoms with Crippen molar-refractivity contribution in [1.29, 1.82) is 0 Å². The number of ether oxygens (including phenoxy) is 2. The number of hydrogen-bond donors (Lipinski definition) is 0. The number of carbonyl (C=O) groups excluding carboxylic acids is 2. The average Bonchev–Trinajstić information content (AvgIpc) is 2.44. The molecule has 0 radical (unpaired) electrons. The van der Waals surface area contributed by atoms with Crippen LogP contribution >= 0.6 is 0 Å². The molecule has 0 unspecified atom stereocenters. The van der Waals surface area contributed by atoms with Crippen molar-refractivity contribution in [3.05, 3.63) is 24.3 Å². The smallest absolute Gasteiger partial charge is 0.333 e. The van der Waals surface area contributed by atoms with Crippen LogP contribution in [-0.4, -0.2) is 49.7 Å². The first kappa shape index (κ1) is 21.7. The molecule has 0 fully saturated rings. The minimum absolute atomic E-state index is 0.299.